The molecule has 0 amide bonds. The normalized spacial score (nSPS) is 11.5. The van der Waals surface area contributed by atoms with Crippen molar-refractivity contribution in [2.45, 2.75) is 26.8 Å². The number of hydrogen-bond acceptors (Lipinski definition) is 3. The molecule has 0 bridgehead atoms. The fourth-order valence-corrected chi connectivity index (χ4v) is 1.35. The molecule has 0 unspecified atom stereocenters. The number of aryl methyl sites for hydroxylation is 1. The van der Waals surface area contributed by atoms with Crippen molar-refractivity contribution in [3.8, 4) is 0 Å². The highest BCUT2D eigenvalue weighted by Gasteiger charge is 2.04. The number of aliphatic carboxylic acids is 1. The molecule has 92 valence electrons. The Morgan fingerprint density at radius 2 is 2.18 bits per heavy atom. The summed E-state index contributed by atoms with van der Waals surface area (Å²) in [6.45, 7) is 3.43. The first-order valence-electron chi connectivity index (χ1n) is 5.18. The monoisotopic (exact) mass is 238 g/mol. The van der Waals surface area contributed by atoms with Crippen molar-refractivity contribution in [3.63, 3.8) is 0 Å². The van der Waals surface area contributed by atoms with Crippen LogP contribution in [0.5, 0.6) is 0 Å². The summed E-state index contributed by atoms with van der Waals surface area (Å²) in [6.07, 6.45) is 3.25. The molecule has 6 heteroatoms. The molecule has 0 saturated carbocycles. The number of hydrogen-bond donors (Lipinski definition) is 2. The lowest BCUT2D eigenvalue weighted by atomic mass is 10.2. The molecule has 17 heavy (non-hydrogen) atoms. The van der Waals surface area contributed by atoms with Crippen LogP contribution in [0.3, 0.4) is 0 Å². The highest BCUT2D eigenvalue weighted by Crippen LogP contribution is 2.00. The second kappa shape index (κ2) is 5.29. The molecule has 0 aliphatic rings. The van der Waals surface area contributed by atoms with Gasteiger partial charge in [0.2, 0.25) is 0 Å². The highest BCUT2D eigenvalue weighted by atomic mass is 16.4. The lowest BCUT2D eigenvalue weighted by Gasteiger charge is -2.03. The van der Waals surface area contributed by atoms with Gasteiger partial charge in [-0.05, 0) is 13.3 Å². The molecule has 0 aliphatic heterocycles. The Hall–Kier alpha value is -2.11. The Bertz CT molecular complexity index is 566. The van der Waals surface area contributed by atoms with E-state index in [4.69, 9.17) is 5.11 Å². The predicted molar refractivity (Wildman–Crippen MR) is 62.1 cm³/mol. The topological polar surface area (TPSA) is 92.2 Å². The van der Waals surface area contributed by atoms with Gasteiger partial charge >= 0.3 is 11.7 Å². The summed E-state index contributed by atoms with van der Waals surface area (Å²) < 4.78 is 1.26. The van der Waals surface area contributed by atoms with Crippen molar-refractivity contribution in [2.24, 2.45) is 0 Å². The lowest BCUT2D eigenvalue weighted by Crippen LogP contribution is -2.30. The number of H-pyrrole nitrogens is 1. The average Bonchev–Trinajstić information content (AvgIpc) is 2.25. The molecule has 2 N–H and O–H groups in total. The van der Waals surface area contributed by atoms with Crippen molar-refractivity contribution in [3.05, 3.63) is 44.2 Å². The van der Waals surface area contributed by atoms with E-state index in [-0.39, 0.29) is 12.1 Å². The fourth-order valence-electron chi connectivity index (χ4n) is 1.35. The largest absolute Gasteiger partial charge is 0.478 e. The van der Waals surface area contributed by atoms with E-state index >= 15 is 0 Å². The molecule has 1 aromatic heterocycles. The molecule has 1 rings (SSSR count). The number of carboxylic acid groups (broad SMARTS) is 1. The molecule has 0 saturated heterocycles. The van der Waals surface area contributed by atoms with Gasteiger partial charge in [0, 0.05) is 23.9 Å². The molecule has 6 nitrogen and oxygen atoms in total. The number of allylic oxidation sites excluding steroid dienone is 1. The third-order valence-electron chi connectivity index (χ3n) is 2.38. The average molecular weight is 238 g/mol. The van der Waals surface area contributed by atoms with Crippen molar-refractivity contribution < 1.29 is 9.90 Å². The zero-order valence-electron chi connectivity index (χ0n) is 9.69. The van der Waals surface area contributed by atoms with Crippen LogP contribution in [0.25, 0.3) is 0 Å². The molecule has 0 fully saturated rings. The van der Waals surface area contributed by atoms with Crippen LogP contribution >= 0.6 is 0 Å². The van der Waals surface area contributed by atoms with E-state index in [1.807, 2.05) is 0 Å². The number of nitrogens with zero attached hydrogens (tertiary/aromatic N) is 1. The second-order valence-electron chi connectivity index (χ2n) is 3.61. The van der Waals surface area contributed by atoms with Gasteiger partial charge in [-0.3, -0.25) is 14.3 Å². The van der Waals surface area contributed by atoms with Crippen LogP contribution < -0.4 is 11.2 Å². The quantitative estimate of drug-likeness (QED) is 0.736. The van der Waals surface area contributed by atoms with Gasteiger partial charge in [-0.15, -0.1) is 0 Å². The van der Waals surface area contributed by atoms with Crippen molar-refractivity contribution in [2.75, 3.05) is 0 Å². The van der Waals surface area contributed by atoms with Gasteiger partial charge in [0.1, 0.15) is 0 Å². The number of carbonyl (C=O) groups is 1. The first-order chi connectivity index (χ1) is 7.95. The third-order valence-corrected chi connectivity index (χ3v) is 2.38. The Morgan fingerprint density at radius 1 is 1.53 bits per heavy atom. The van der Waals surface area contributed by atoms with Crippen LogP contribution in [-0.2, 0) is 11.3 Å². The summed E-state index contributed by atoms with van der Waals surface area (Å²) in [5, 5.41) is 8.81. The summed E-state index contributed by atoms with van der Waals surface area (Å²) in [5.41, 5.74) is -0.325. The zero-order valence-corrected chi connectivity index (χ0v) is 9.69. The molecule has 0 aliphatic carbocycles. The van der Waals surface area contributed by atoms with Crippen LogP contribution in [0.15, 0.2) is 27.4 Å². The Morgan fingerprint density at radius 3 is 2.71 bits per heavy atom. The molecular weight excluding hydrogens is 224 g/mol. The zero-order chi connectivity index (χ0) is 13.0. The summed E-state index contributed by atoms with van der Waals surface area (Å²) >= 11 is 0. The number of aromatic nitrogens is 2. The van der Waals surface area contributed by atoms with Gasteiger partial charge in [0.25, 0.3) is 5.56 Å². The third kappa shape index (κ3) is 3.17. The van der Waals surface area contributed by atoms with E-state index in [0.717, 1.165) is 0 Å². The molecule has 1 heterocycles. The summed E-state index contributed by atoms with van der Waals surface area (Å²) in [6, 6.07) is 0. The number of carboxylic acids is 1. The van der Waals surface area contributed by atoms with E-state index in [1.165, 1.54) is 16.8 Å². The smallest absolute Gasteiger partial charge is 0.331 e. The maximum atomic E-state index is 11.4. The predicted octanol–water partition coefficient (Wildman–Crippen LogP) is 0.266. The van der Waals surface area contributed by atoms with Gasteiger partial charge in [0.05, 0.1) is 0 Å². The minimum Gasteiger partial charge on any atom is -0.478 e. The van der Waals surface area contributed by atoms with E-state index in [9.17, 15) is 14.4 Å². The molecule has 0 spiro atoms. The Labute approximate surface area is 97.2 Å². The summed E-state index contributed by atoms with van der Waals surface area (Å²) in [7, 11) is 0. The van der Waals surface area contributed by atoms with Gasteiger partial charge in [-0.25, -0.2) is 9.59 Å². The lowest BCUT2D eigenvalue weighted by molar-refractivity contribution is -0.132. The van der Waals surface area contributed by atoms with E-state index < -0.39 is 17.2 Å². The molecular formula is C11H14N2O4. The van der Waals surface area contributed by atoms with Gasteiger partial charge < -0.3 is 5.11 Å². The van der Waals surface area contributed by atoms with Gasteiger partial charge in [0.15, 0.2) is 0 Å². The first-order valence-corrected chi connectivity index (χ1v) is 5.18. The maximum Gasteiger partial charge on any atom is 0.331 e. The van der Waals surface area contributed by atoms with Crippen molar-refractivity contribution >= 4 is 5.97 Å². The van der Waals surface area contributed by atoms with E-state index in [1.54, 1.807) is 13.8 Å². The number of nitrogens with one attached hydrogen (secondary N) is 1. The summed E-state index contributed by atoms with van der Waals surface area (Å²) in [4.78, 5) is 35.4. The minimum atomic E-state index is -0.998. The first kappa shape index (κ1) is 13.0. The van der Waals surface area contributed by atoms with Crippen molar-refractivity contribution in [1.29, 1.82) is 0 Å². The van der Waals surface area contributed by atoms with Crippen LogP contribution in [0.2, 0.25) is 0 Å². The van der Waals surface area contributed by atoms with Crippen molar-refractivity contribution in [1.82, 2.24) is 9.55 Å². The minimum absolute atomic E-state index is 0.131. The van der Waals surface area contributed by atoms with Crippen LogP contribution in [0.4, 0.5) is 0 Å². The molecule has 1 aromatic rings. The Balaban J connectivity index is 3.05. The van der Waals surface area contributed by atoms with Crippen LogP contribution in [-0.4, -0.2) is 20.6 Å². The van der Waals surface area contributed by atoms with Crippen LogP contribution in [0, 0.1) is 6.92 Å². The number of aromatic amines is 1. The molecule has 0 radical (unpaired) electrons. The Kier molecular flexibility index (Phi) is 4.03. The van der Waals surface area contributed by atoms with Crippen LogP contribution in [0.1, 0.15) is 18.9 Å². The number of rotatable bonds is 4. The van der Waals surface area contributed by atoms with Gasteiger partial charge in [-0.2, -0.15) is 0 Å². The SMILES string of the molecule is CCC(=CCn1cc(C)c(=O)[nH]c1=O)C(=O)O. The standard InChI is InChI=1S/C11H14N2O4/c1-3-8(10(15)16)4-5-13-6-7(2)9(14)12-11(13)17/h4,6H,3,5H2,1-2H3,(H,15,16)(H,12,14,17). The molecule has 0 aromatic carbocycles. The van der Waals surface area contributed by atoms with Gasteiger partial charge in [-0.1, -0.05) is 13.0 Å². The summed E-state index contributed by atoms with van der Waals surface area (Å²) in [5.74, 6) is -0.998. The highest BCUT2D eigenvalue weighted by molar-refractivity contribution is 5.86. The van der Waals surface area contributed by atoms with E-state index in [2.05, 4.69) is 4.98 Å². The maximum absolute atomic E-state index is 11.4. The van der Waals surface area contributed by atoms with E-state index in [0.29, 0.717) is 12.0 Å². The second-order valence-corrected chi connectivity index (χ2v) is 3.61. The molecule has 0 atom stereocenters. The fraction of sp³-hybridized carbons (Fsp3) is 0.364.